The van der Waals surface area contributed by atoms with Crippen LogP contribution in [0, 0.1) is 18.3 Å². The Labute approximate surface area is 155 Å². The number of nitriles is 1. The Kier molecular flexibility index (Phi) is 4.34. The summed E-state index contributed by atoms with van der Waals surface area (Å²) in [4.78, 5) is 8.81. The van der Waals surface area contributed by atoms with Crippen molar-refractivity contribution in [2.24, 2.45) is 0 Å². The van der Waals surface area contributed by atoms with E-state index in [1.54, 1.807) is 17.8 Å². The van der Waals surface area contributed by atoms with Crippen molar-refractivity contribution in [3.63, 3.8) is 0 Å². The molecule has 0 amide bonds. The third-order valence-electron chi connectivity index (χ3n) is 3.86. The Morgan fingerprint density at radius 2 is 2.00 bits per heavy atom. The molecule has 0 atom stereocenters. The number of imidazole rings is 1. The Morgan fingerprint density at radius 1 is 1.15 bits per heavy atom. The molecule has 2 aromatic heterocycles. The van der Waals surface area contributed by atoms with Crippen LogP contribution in [-0.4, -0.2) is 9.97 Å². The smallest absolute Gasteiger partial charge is 0.165 e. The number of rotatable bonds is 4. The number of benzene rings is 2. The van der Waals surface area contributed by atoms with E-state index < -0.39 is 0 Å². The van der Waals surface area contributed by atoms with Crippen LogP contribution in [0.3, 0.4) is 0 Å². The summed E-state index contributed by atoms with van der Waals surface area (Å²) in [5.41, 5.74) is 3.33. The van der Waals surface area contributed by atoms with Gasteiger partial charge in [-0.3, -0.25) is 0 Å². The molecule has 1 N–H and O–H groups in total. The summed E-state index contributed by atoms with van der Waals surface area (Å²) in [6.45, 7) is 2.02. The van der Waals surface area contributed by atoms with Crippen molar-refractivity contribution in [3.05, 3.63) is 77.8 Å². The molecule has 2 heterocycles. The van der Waals surface area contributed by atoms with E-state index in [-0.39, 0.29) is 0 Å². The predicted molar refractivity (Wildman–Crippen MR) is 104 cm³/mol. The van der Waals surface area contributed by atoms with Crippen LogP contribution in [0.2, 0.25) is 0 Å². The Hall–Kier alpha value is -3.23. The first-order valence-corrected chi connectivity index (χ1v) is 8.94. The van der Waals surface area contributed by atoms with Crippen LogP contribution in [0.25, 0.3) is 22.7 Å². The highest BCUT2D eigenvalue weighted by molar-refractivity contribution is 7.99. The summed E-state index contributed by atoms with van der Waals surface area (Å²) in [6, 6.07) is 21.9. The number of nitrogens with one attached hydrogen (secondary N) is 1. The molecular formula is C21H15N3OS. The van der Waals surface area contributed by atoms with Gasteiger partial charge in [0.25, 0.3) is 0 Å². The van der Waals surface area contributed by atoms with Crippen molar-refractivity contribution in [2.75, 3.05) is 0 Å². The summed E-state index contributed by atoms with van der Waals surface area (Å²) in [7, 11) is 0. The van der Waals surface area contributed by atoms with Gasteiger partial charge < -0.3 is 9.40 Å². The fourth-order valence-electron chi connectivity index (χ4n) is 2.62. The molecule has 0 aliphatic rings. The van der Waals surface area contributed by atoms with Crippen LogP contribution in [0.1, 0.15) is 17.1 Å². The van der Waals surface area contributed by atoms with E-state index in [0.717, 1.165) is 26.6 Å². The summed E-state index contributed by atoms with van der Waals surface area (Å²) < 4.78 is 5.83. The highest BCUT2D eigenvalue weighted by Crippen LogP contribution is 2.30. The van der Waals surface area contributed by atoms with Gasteiger partial charge in [-0.05, 0) is 48.9 Å². The lowest BCUT2D eigenvalue weighted by atomic mass is 10.2. The van der Waals surface area contributed by atoms with Gasteiger partial charge in [0.1, 0.15) is 17.7 Å². The lowest BCUT2D eigenvalue weighted by Gasteiger charge is -1.96. The summed E-state index contributed by atoms with van der Waals surface area (Å²) >= 11 is 1.54. The minimum Gasteiger partial charge on any atom is -0.450 e. The third kappa shape index (κ3) is 3.41. The van der Waals surface area contributed by atoms with Crippen molar-refractivity contribution in [2.45, 2.75) is 16.9 Å². The van der Waals surface area contributed by atoms with Crippen molar-refractivity contribution in [3.8, 4) is 6.07 Å². The second kappa shape index (κ2) is 6.95. The fraction of sp³-hybridized carbons (Fsp3) is 0.0476. The molecule has 0 aliphatic carbocycles. The monoisotopic (exact) mass is 357 g/mol. The van der Waals surface area contributed by atoms with Crippen LogP contribution in [0.15, 0.2) is 75.1 Å². The van der Waals surface area contributed by atoms with Crippen molar-refractivity contribution in [1.82, 2.24) is 9.97 Å². The average Bonchev–Trinajstić information content (AvgIpc) is 3.26. The molecule has 0 unspecified atom stereocenters. The van der Waals surface area contributed by atoms with Gasteiger partial charge in [-0.25, -0.2) is 4.98 Å². The molecule has 0 fully saturated rings. The van der Waals surface area contributed by atoms with Crippen molar-refractivity contribution in [1.29, 1.82) is 5.26 Å². The van der Waals surface area contributed by atoms with Gasteiger partial charge in [-0.2, -0.15) is 5.26 Å². The van der Waals surface area contributed by atoms with E-state index in [4.69, 9.17) is 4.42 Å². The van der Waals surface area contributed by atoms with Gasteiger partial charge in [0.2, 0.25) is 0 Å². The number of nitrogens with zero attached hydrogens (tertiary/aromatic N) is 2. The number of furan rings is 1. The van der Waals surface area contributed by atoms with E-state index in [1.807, 2.05) is 67.6 Å². The second-order valence-corrected chi connectivity index (χ2v) is 6.93. The van der Waals surface area contributed by atoms with Gasteiger partial charge in [0.05, 0.1) is 16.6 Å². The highest BCUT2D eigenvalue weighted by atomic mass is 32.2. The zero-order valence-electron chi connectivity index (χ0n) is 14.1. The lowest BCUT2D eigenvalue weighted by Crippen LogP contribution is -1.84. The van der Waals surface area contributed by atoms with Gasteiger partial charge in [-0.1, -0.05) is 36.0 Å². The minimum atomic E-state index is 0.435. The number of hydrogen-bond acceptors (Lipinski definition) is 4. The Balaban J connectivity index is 1.62. The van der Waals surface area contributed by atoms with Crippen molar-refractivity contribution >= 4 is 34.4 Å². The van der Waals surface area contributed by atoms with Crippen LogP contribution in [0.4, 0.5) is 0 Å². The van der Waals surface area contributed by atoms with Gasteiger partial charge in [0.15, 0.2) is 5.09 Å². The standard InChI is InChI=1S/C21H15N3OS/c1-14-7-9-18-19(11-14)24-21(23-18)15(13-22)12-16-8-10-20(25-16)26-17-5-3-2-4-6-17/h2-12H,1H3,(H,23,24)/b15-12-. The highest BCUT2D eigenvalue weighted by Gasteiger charge is 2.10. The topological polar surface area (TPSA) is 65.6 Å². The first kappa shape index (κ1) is 16.2. The quantitative estimate of drug-likeness (QED) is 0.477. The molecule has 2 aromatic carbocycles. The maximum atomic E-state index is 9.54. The molecule has 5 heteroatoms. The maximum Gasteiger partial charge on any atom is 0.165 e. The maximum absolute atomic E-state index is 9.54. The molecule has 0 bridgehead atoms. The fourth-order valence-corrected chi connectivity index (χ4v) is 3.42. The number of allylic oxidation sites excluding steroid dienone is 1. The SMILES string of the molecule is Cc1ccc2nc(/C(C#N)=C\c3ccc(Sc4ccccc4)o3)[nH]c2c1. The van der Waals surface area contributed by atoms with Crippen LogP contribution < -0.4 is 0 Å². The normalized spacial score (nSPS) is 11.6. The van der Waals surface area contributed by atoms with E-state index in [2.05, 4.69) is 16.0 Å². The zero-order valence-corrected chi connectivity index (χ0v) is 14.9. The molecule has 4 aromatic rings. The van der Waals surface area contributed by atoms with E-state index in [0.29, 0.717) is 17.2 Å². The molecule has 0 aliphatic heterocycles. The van der Waals surface area contributed by atoms with E-state index >= 15 is 0 Å². The Bertz CT molecular complexity index is 1130. The largest absolute Gasteiger partial charge is 0.450 e. The number of aryl methyl sites for hydroxylation is 1. The molecule has 26 heavy (non-hydrogen) atoms. The van der Waals surface area contributed by atoms with Crippen LogP contribution in [0.5, 0.6) is 0 Å². The number of fused-ring (bicyclic) bond motifs is 1. The number of hydrogen-bond donors (Lipinski definition) is 1. The van der Waals surface area contributed by atoms with Crippen LogP contribution >= 0.6 is 11.8 Å². The third-order valence-corrected chi connectivity index (χ3v) is 4.79. The van der Waals surface area contributed by atoms with Crippen molar-refractivity contribution < 1.29 is 4.42 Å². The first-order valence-electron chi connectivity index (χ1n) is 8.12. The van der Waals surface area contributed by atoms with E-state index in [9.17, 15) is 5.26 Å². The van der Waals surface area contributed by atoms with Gasteiger partial charge >= 0.3 is 0 Å². The van der Waals surface area contributed by atoms with Gasteiger partial charge in [-0.15, -0.1) is 0 Å². The first-order chi connectivity index (χ1) is 12.7. The molecule has 4 rings (SSSR count). The molecule has 0 spiro atoms. The van der Waals surface area contributed by atoms with E-state index in [1.165, 1.54) is 0 Å². The number of aromatic amines is 1. The number of H-pyrrole nitrogens is 1. The molecular weight excluding hydrogens is 342 g/mol. The average molecular weight is 357 g/mol. The Morgan fingerprint density at radius 3 is 2.81 bits per heavy atom. The minimum absolute atomic E-state index is 0.435. The molecule has 0 saturated heterocycles. The van der Waals surface area contributed by atoms with Crippen LogP contribution in [-0.2, 0) is 0 Å². The molecule has 0 saturated carbocycles. The number of aromatic nitrogens is 2. The summed E-state index contributed by atoms with van der Waals surface area (Å²) in [6.07, 6.45) is 1.71. The second-order valence-electron chi connectivity index (χ2n) is 5.85. The predicted octanol–water partition coefficient (Wildman–Crippen LogP) is 5.68. The molecule has 126 valence electrons. The molecule has 4 nitrogen and oxygen atoms in total. The summed E-state index contributed by atoms with van der Waals surface area (Å²) in [5.74, 6) is 1.17. The lowest BCUT2D eigenvalue weighted by molar-refractivity contribution is 0.466. The van der Waals surface area contributed by atoms with Gasteiger partial charge in [0, 0.05) is 11.0 Å². The zero-order chi connectivity index (χ0) is 17.9. The summed E-state index contributed by atoms with van der Waals surface area (Å²) in [5, 5.41) is 10.3. The molecule has 0 radical (unpaired) electrons.